The Bertz CT molecular complexity index is 657. The summed E-state index contributed by atoms with van der Waals surface area (Å²) in [5, 5.41) is 0. The summed E-state index contributed by atoms with van der Waals surface area (Å²) in [5.41, 5.74) is 2.59. The zero-order valence-electron chi connectivity index (χ0n) is 11.6. The predicted octanol–water partition coefficient (Wildman–Crippen LogP) is 3.25. The highest BCUT2D eigenvalue weighted by Crippen LogP contribution is 2.21. The first-order valence-corrected chi connectivity index (χ1v) is 8.04. The molecule has 0 atom stereocenters. The Hall–Kier alpha value is -1.56. The van der Waals surface area contributed by atoms with E-state index in [-0.39, 0.29) is 12.5 Å². The first-order chi connectivity index (χ1) is 10.2. The van der Waals surface area contributed by atoms with Crippen molar-refractivity contribution in [3.05, 3.63) is 63.2 Å². The van der Waals surface area contributed by atoms with Gasteiger partial charge < -0.3 is 9.64 Å². The van der Waals surface area contributed by atoms with Crippen LogP contribution >= 0.6 is 22.6 Å². The molecular weight excluding hydrogens is 377 g/mol. The van der Waals surface area contributed by atoms with Crippen molar-refractivity contribution in [2.45, 2.75) is 13.0 Å². The van der Waals surface area contributed by atoms with E-state index < -0.39 is 0 Å². The van der Waals surface area contributed by atoms with Gasteiger partial charge in [-0.2, -0.15) is 0 Å². The van der Waals surface area contributed by atoms with E-state index in [9.17, 15) is 4.79 Å². The SMILES string of the molecule is O=C(COc1ccccc1I)N1CCc2ccccc2C1. The molecule has 0 saturated heterocycles. The van der Waals surface area contributed by atoms with Crippen LogP contribution in [0, 0.1) is 3.57 Å². The minimum absolute atomic E-state index is 0.0455. The standard InChI is InChI=1S/C17H16INO2/c18-15-7-3-4-8-16(15)21-12-17(20)19-10-9-13-5-1-2-6-14(13)11-19/h1-8H,9-12H2. The van der Waals surface area contributed by atoms with E-state index in [4.69, 9.17) is 4.74 Å². The predicted molar refractivity (Wildman–Crippen MR) is 90.2 cm³/mol. The summed E-state index contributed by atoms with van der Waals surface area (Å²) in [6.45, 7) is 1.55. The van der Waals surface area contributed by atoms with E-state index in [0.717, 1.165) is 22.3 Å². The van der Waals surface area contributed by atoms with Crippen molar-refractivity contribution >= 4 is 28.5 Å². The molecule has 1 heterocycles. The Morgan fingerprint density at radius 3 is 2.62 bits per heavy atom. The van der Waals surface area contributed by atoms with Crippen molar-refractivity contribution in [1.82, 2.24) is 4.90 Å². The van der Waals surface area contributed by atoms with Crippen molar-refractivity contribution < 1.29 is 9.53 Å². The number of ether oxygens (including phenoxy) is 1. The second-order valence-corrected chi connectivity index (χ2v) is 6.22. The van der Waals surface area contributed by atoms with Crippen LogP contribution in [-0.4, -0.2) is 24.0 Å². The molecule has 3 nitrogen and oxygen atoms in total. The van der Waals surface area contributed by atoms with Crippen molar-refractivity contribution in [2.24, 2.45) is 0 Å². The monoisotopic (exact) mass is 393 g/mol. The third-order valence-corrected chi connectivity index (χ3v) is 4.56. The number of nitrogens with zero attached hydrogens (tertiary/aromatic N) is 1. The van der Waals surface area contributed by atoms with E-state index >= 15 is 0 Å². The number of fused-ring (bicyclic) bond motifs is 1. The molecule has 1 aliphatic rings. The summed E-state index contributed by atoms with van der Waals surface area (Å²) >= 11 is 2.21. The number of halogens is 1. The molecule has 0 fully saturated rings. The van der Waals surface area contributed by atoms with Crippen LogP contribution in [0.5, 0.6) is 5.75 Å². The smallest absolute Gasteiger partial charge is 0.260 e. The molecule has 0 unspecified atom stereocenters. The Morgan fingerprint density at radius 1 is 1.10 bits per heavy atom. The summed E-state index contributed by atoms with van der Waals surface area (Å²) in [6.07, 6.45) is 0.921. The number of para-hydroxylation sites is 1. The number of carbonyl (C=O) groups is 1. The largest absolute Gasteiger partial charge is 0.483 e. The fourth-order valence-corrected chi connectivity index (χ4v) is 3.04. The molecule has 0 saturated carbocycles. The van der Waals surface area contributed by atoms with Gasteiger partial charge in [-0.1, -0.05) is 36.4 Å². The quantitative estimate of drug-likeness (QED) is 0.750. The second kappa shape index (κ2) is 6.47. The van der Waals surface area contributed by atoms with Gasteiger partial charge in [0.25, 0.3) is 5.91 Å². The van der Waals surface area contributed by atoms with Gasteiger partial charge in [-0.15, -0.1) is 0 Å². The number of hydrogen-bond acceptors (Lipinski definition) is 2. The highest BCUT2D eigenvalue weighted by Gasteiger charge is 2.20. The van der Waals surface area contributed by atoms with Crippen LogP contribution in [0.25, 0.3) is 0 Å². The molecule has 3 rings (SSSR count). The van der Waals surface area contributed by atoms with E-state index in [1.807, 2.05) is 35.2 Å². The molecule has 0 aliphatic carbocycles. The maximum Gasteiger partial charge on any atom is 0.260 e. The van der Waals surface area contributed by atoms with Crippen molar-refractivity contribution in [3.8, 4) is 5.75 Å². The van der Waals surface area contributed by atoms with Gasteiger partial charge in [0.15, 0.2) is 6.61 Å². The topological polar surface area (TPSA) is 29.5 Å². The summed E-state index contributed by atoms with van der Waals surface area (Å²) in [4.78, 5) is 14.2. The lowest BCUT2D eigenvalue weighted by atomic mass is 10.00. The molecule has 0 spiro atoms. The lowest BCUT2D eigenvalue weighted by Gasteiger charge is -2.28. The zero-order valence-corrected chi connectivity index (χ0v) is 13.7. The lowest BCUT2D eigenvalue weighted by molar-refractivity contribution is -0.134. The van der Waals surface area contributed by atoms with Crippen LogP contribution in [-0.2, 0) is 17.8 Å². The van der Waals surface area contributed by atoms with Crippen LogP contribution in [0.4, 0.5) is 0 Å². The number of carbonyl (C=O) groups excluding carboxylic acids is 1. The normalized spacial score (nSPS) is 13.7. The van der Waals surface area contributed by atoms with Crippen molar-refractivity contribution in [1.29, 1.82) is 0 Å². The van der Waals surface area contributed by atoms with Crippen LogP contribution < -0.4 is 4.74 Å². The average molecular weight is 393 g/mol. The van der Waals surface area contributed by atoms with Gasteiger partial charge >= 0.3 is 0 Å². The number of amides is 1. The minimum Gasteiger partial charge on any atom is -0.483 e. The third kappa shape index (κ3) is 3.37. The first-order valence-electron chi connectivity index (χ1n) is 6.96. The van der Waals surface area contributed by atoms with Gasteiger partial charge in [-0.05, 0) is 52.3 Å². The molecule has 0 aromatic heterocycles. The Labute approximate surface area is 138 Å². The van der Waals surface area contributed by atoms with Crippen molar-refractivity contribution in [2.75, 3.05) is 13.2 Å². The van der Waals surface area contributed by atoms with Gasteiger partial charge in [0.05, 0.1) is 3.57 Å². The molecule has 0 N–H and O–H groups in total. The molecule has 1 aliphatic heterocycles. The van der Waals surface area contributed by atoms with Gasteiger partial charge in [-0.3, -0.25) is 4.79 Å². The van der Waals surface area contributed by atoms with Gasteiger partial charge in [0.1, 0.15) is 5.75 Å². The second-order valence-electron chi connectivity index (χ2n) is 5.05. The van der Waals surface area contributed by atoms with Gasteiger partial charge in [-0.25, -0.2) is 0 Å². The fraction of sp³-hybridized carbons (Fsp3) is 0.235. The third-order valence-electron chi connectivity index (χ3n) is 3.67. The number of rotatable bonds is 3. The van der Waals surface area contributed by atoms with Gasteiger partial charge in [0.2, 0.25) is 0 Å². The Balaban J connectivity index is 1.61. The molecular formula is C17H16INO2. The molecule has 108 valence electrons. The van der Waals surface area contributed by atoms with E-state index in [1.54, 1.807) is 0 Å². The summed E-state index contributed by atoms with van der Waals surface area (Å²) < 4.78 is 6.66. The molecule has 1 amide bonds. The molecule has 0 radical (unpaired) electrons. The maximum atomic E-state index is 12.3. The molecule has 2 aromatic carbocycles. The minimum atomic E-state index is 0.0455. The lowest BCUT2D eigenvalue weighted by Crippen LogP contribution is -2.38. The molecule has 21 heavy (non-hydrogen) atoms. The van der Waals surface area contributed by atoms with Crippen LogP contribution in [0.2, 0.25) is 0 Å². The fourth-order valence-electron chi connectivity index (χ4n) is 2.50. The number of hydrogen-bond donors (Lipinski definition) is 0. The average Bonchev–Trinajstić information content (AvgIpc) is 2.53. The summed E-state index contributed by atoms with van der Waals surface area (Å²) in [5.74, 6) is 0.813. The molecule has 4 heteroatoms. The Kier molecular flexibility index (Phi) is 4.43. The van der Waals surface area contributed by atoms with Gasteiger partial charge in [0, 0.05) is 13.1 Å². The Morgan fingerprint density at radius 2 is 1.81 bits per heavy atom. The molecule has 2 aromatic rings. The zero-order chi connectivity index (χ0) is 14.7. The number of benzene rings is 2. The summed E-state index contributed by atoms with van der Waals surface area (Å²) in [7, 11) is 0. The van der Waals surface area contributed by atoms with Crippen LogP contribution in [0.1, 0.15) is 11.1 Å². The molecule has 0 bridgehead atoms. The van der Waals surface area contributed by atoms with E-state index in [1.165, 1.54) is 11.1 Å². The van der Waals surface area contributed by atoms with E-state index in [0.29, 0.717) is 6.54 Å². The van der Waals surface area contributed by atoms with Crippen molar-refractivity contribution in [3.63, 3.8) is 0 Å². The van der Waals surface area contributed by atoms with Crippen LogP contribution in [0.15, 0.2) is 48.5 Å². The van der Waals surface area contributed by atoms with Crippen LogP contribution in [0.3, 0.4) is 0 Å². The van der Waals surface area contributed by atoms with E-state index in [2.05, 4.69) is 40.8 Å². The maximum absolute atomic E-state index is 12.3. The first kappa shape index (κ1) is 14.4. The highest BCUT2D eigenvalue weighted by molar-refractivity contribution is 14.1. The summed E-state index contributed by atoms with van der Waals surface area (Å²) in [6, 6.07) is 16.0. The highest BCUT2D eigenvalue weighted by atomic mass is 127.